The van der Waals surface area contributed by atoms with E-state index in [2.05, 4.69) is 42.0 Å². The summed E-state index contributed by atoms with van der Waals surface area (Å²) in [5.41, 5.74) is 2.19. The normalized spacial score (nSPS) is 18.7. The van der Waals surface area contributed by atoms with Gasteiger partial charge >= 0.3 is 0 Å². The van der Waals surface area contributed by atoms with Crippen molar-refractivity contribution in [2.24, 2.45) is 0 Å². The number of aromatic nitrogens is 1. The molecule has 112 valence electrons. The summed E-state index contributed by atoms with van der Waals surface area (Å²) in [5, 5.41) is 9.78. The molecule has 1 atom stereocenters. The molecule has 20 heavy (non-hydrogen) atoms. The molecule has 1 N–H and O–H groups in total. The van der Waals surface area contributed by atoms with Crippen LogP contribution in [0.15, 0.2) is 18.3 Å². The molecule has 0 aromatic carbocycles. The van der Waals surface area contributed by atoms with Crippen LogP contribution in [0.25, 0.3) is 0 Å². The molecule has 0 bridgehead atoms. The van der Waals surface area contributed by atoms with Crippen LogP contribution in [0.2, 0.25) is 0 Å². The highest BCUT2D eigenvalue weighted by Crippen LogP contribution is 2.37. The Kier molecular flexibility index (Phi) is 4.66. The number of hydrogen-bond acceptors (Lipinski definition) is 4. The summed E-state index contributed by atoms with van der Waals surface area (Å²) < 4.78 is 0. The zero-order valence-electron chi connectivity index (χ0n) is 13.1. The van der Waals surface area contributed by atoms with E-state index < -0.39 is 6.10 Å². The van der Waals surface area contributed by atoms with E-state index in [1.807, 2.05) is 19.2 Å². The van der Waals surface area contributed by atoms with Crippen molar-refractivity contribution in [2.45, 2.75) is 44.2 Å². The first kappa shape index (κ1) is 15.3. The SMILES string of the molecule is CC[C@H](O)c1ccc(N(C)CC2(N(C)C)CCC2)cn1. The van der Waals surface area contributed by atoms with Gasteiger partial charge < -0.3 is 14.9 Å². The predicted octanol–water partition coefficient (Wildman–Crippen LogP) is 2.45. The number of nitrogens with zero attached hydrogens (tertiary/aromatic N) is 3. The van der Waals surface area contributed by atoms with Gasteiger partial charge in [0.05, 0.1) is 23.7 Å². The minimum Gasteiger partial charge on any atom is -0.387 e. The Bertz CT molecular complexity index is 426. The topological polar surface area (TPSA) is 39.6 Å². The summed E-state index contributed by atoms with van der Waals surface area (Å²) in [6, 6.07) is 3.99. The molecule has 1 aromatic heterocycles. The third-order valence-electron chi connectivity index (χ3n) is 4.70. The number of aliphatic hydroxyl groups excluding tert-OH is 1. The lowest BCUT2D eigenvalue weighted by atomic mass is 9.75. The van der Waals surface area contributed by atoms with Crippen molar-refractivity contribution in [3.63, 3.8) is 0 Å². The molecule has 0 aliphatic heterocycles. The Morgan fingerprint density at radius 2 is 2.00 bits per heavy atom. The Hall–Kier alpha value is -1.13. The fourth-order valence-corrected chi connectivity index (χ4v) is 2.89. The van der Waals surface area contributed by atoms with Crippen LogP contribution in [-0.2, 0) is 0 Å². The first-order chi connectivity index (χ1) is 9.48. The summed E-state index contributed by atoms with van der Waals surface area (Å²) in [6.07, 6.45) is 5.98. The van der Waals surface area contributed by atoms with Gasteiger partial charge in [-0.05, 0) is 51.9 Å². The van der Waals surface area contributed by atoms with Crippen LogP contribution in [0.4, 0.5) is 5.69 Å². The maximum absolute atomic E-state index is 9.78. The largest absolute Gasteiger partial charge is 0.387 e. The molecule has 4 nitrogen and oxygen atoms in total. The Morgan fingerprint density at radius 3 is 2.40 bits per heavy atom. The van der Waals surface area contributed by atoms with Gasteiger partial charge in [-0.25, -0.2) is 0 Å². The molecule has 0 unspecified atom stereocenters. The van der Waals surface area contributed by atoms with Gasteiger partial charge in [0.15, 0.2) is 0 Å². The second-order valence-electron chi connectivity index (χ2n) is 6.19. The quantitative estimate of drug-likeness (QED) is 0.867. The minimum absolute atomic E-state index is 0.316. The molecule has 0 saturated heterocycles. The highest BCUT2D eigenvalue weighted by molar-refractivity contribution is 5.44. The summed E-state index contributed by atoms with van der Waals surface area (Å²) in [6.45, 7) is 2.99. The van der Waals surface area contributed by atoms with E-state index in [0.29, 0.717) is 12.0 Å². The van der Waals surface area contributed by atoms with E-state index in [4.69, 9.17) is 0 Å². The number of hydrogen-bond donors (Lipinski definition) is 1. The lowest BCUT2D eigenvalue weighted by molar-refractivity contribution is 0.0683. The molecule has 1 heterocycles. The standard InChI is InChI=1S/C16H27N3O/c1-5-15(20)14-8-7-13(11-17-14)19(4)12-16(18(2)3)9-6-10-16/h7-8,11,15,20H,5-6,9-10,12H2,1-4H3/t15-/m0/s1. The van der Waals surface area contributed by atoms with Crippen molar-refractivity contribution in [1.29, 1.82) is 0 Å². The van der Waals surface area contributed by atoms with Gasteiger partial charge in [-0.15, -0.1) is 0 Å². The number of likely N-dealkylation sites (N-methyl/N-ethyl adjacent to an activating group) is 2. The number of pyridine rings is 1. The number of aliphatic hydroxyl groups is 1. The fraction of sp³-hybridized carbons (Fsp3) is 0.688. The summed E-state index contributed by atoms with van der Waals surface area (Å²) in [4.78, 5) is 9.01. The predicted molar refractivity (Wildman–Crippen MR) is 83.0 cm³/mol. The van der Waals surface area contributed by atoms with Crippen LogP contribution in [-0.4, -0.2) is 48.2 Å². The molecule has 4 heteroatoms. The van der Waals surface area contributed by atoms with Gasteiger partial charge in [-0.1, -0.05) is 6.92 Å². The molecule has 2 rings (SSSR count). The molecule has 1 aliphatic rings. The summed E-state index contributed by atoms with van der Waals surface area (Å²) in [7, 11) is 6.47. The first-order valence-corrected chi connectivity index (χ1v) is 7.51. The van der Waals surface area contributed by atoms with Crippen molar-refractivity contribution in [2.75, 3.05) is 32.6 Å². The van der Waals surface area contributed by atoms with Crippen molar-refractivity contribution in [3.05, 3.63) is 24.0 Å². The average Bonchev–Trinajstić information content (AvgIpc) is 2.41. The van der Waals surface area contributed by atoms with E-state index in [-0.39, 0.29) is 0 Å². The second-order valence-corrected chi connectivity index (χ2v) is 6.19. The van der Waals surface area contributed by atoms with Gasteiger partial charge in [-0.2, -0.15) is 0 Å². The molecule has 1 aromatic rings. The monoisotopic (exact) mass is 277 g/mol. The number of anilines is 1. The molecule has 0 radical (unpaired) electrons. The van der Waals surface area contributed by atoms with Crippen molar-refractivity contribution < 1.29 is 5.11 Å². The van der Waals surface area contributed by atoms with Crippen LogP contribution in [0.1, 0.15) is 44.4 Å². The van der Waals surface area contributed by atoms with E-state index in [1.165, 1.54) is 19.3 Å². The molecular weight excluding hydrogens is 250 g/mol. The minimum atomic E-state index is -0.450. The van der Waals surface area contributed by atoms with Crippen LogP contribution >= 0.6 is 0 Å². The molecule has 1 fully saturated rings. The Morgan fingerprint density at radius 1 is 1.30 bits per heavy atom. The van der Waals surface area contributed by atoms with Crippen LogP contribution in [0.5, 0.6) is 0 Å². The van der Waals surface area contributed by atoms with Crippen molar-refractivity contribution >= 4 is 5.69 Å². The van der Waals surface area contributed by atoms with Gasteiger partial charge in [0.2, 0.25) is 0 Å². The zero-order chi connectivity index (χ0) is 14.8. The third kappa shape index (κ3) is 2.96. The molecule has 1 aliphatic carbocycles. The van der Waals surface area contributed by atoms with Gasteiger partial charge in [0.1, 0.15) is 0 Å². The van der Waals surface area contributed by atoms with Crippen LogP contribution in [0, 0.1) is 0 Å². The van der Waals surface area contributed by atoms with E-state index in [0.717, 1.165) is 17.9 Å². The smallest absolute Gasteiger partial charge is 0.0957 e. The summed E-state index contributed by atoms with van der Waals surface area (Å²) >= 11 is 0. The van der Waals surface area contributed by atoms with Gasteiger partial charge in [-0.3, -0.25) is 4.98 Å². The van der Waals surface area contributed by atoms with Crippen molar-refractivity contribution in [3.8, 4) is 0 Å². The van der Waals surface area contributed by atoms with E-state index in [1.54, 1.807) is 0 Å². The summed E-state index contributed by atoms with van der Waals surface area (Å²) in [5.74, 6) is 0. The Balaban J connectivity index is 2.04. The second kappa shape index (κ2) is 6.10. The maximum atomic E-state index is 9.78. The van der Waals surface area contributed by atoms with Gasteiger partial charge in [0.25, 0.3) is 0 Å². The highest BCUT2D eigenvalue weighted by Gasteiger charge is 2.39. The molecule has 1 saturated carbocycles. The third-order valence-corrected chi connectivity index (χ3v) is 4.70. The average molecular weight is 277 g/mol. The Labute approximate surface area is 122 Å². The molecular formula is C16H27N3O. The molecule has 0 amide bonds. The lowest BCUT2D eigenvalue weighted by Crippen LogP contribution is -2.56. The van der Waals surface area contributed by atoms with E-state index in [9.17, 15) is 5.11 Å². The number of rotatable bonds is 6. The zero-order valence-corrected chi connectivity index (χ0v) is 13.1. The maximum Gasteiger partial charge on any atom is 0.0957 e. The lowest BCUT2D eigenvalue weighted by Gasteiger charge is -2.49. The van der Waals surface area contributed by atoms with Crippen molar-refractivity contribution in [1.82, 2.24) is 9.88 Å². The molecule has 0 spiro atoms. The fourth-order valence-electron chi connectivity index (χ4n) is 2.89. The van der Waals surface area contributed by atoms with Gasteiger partial charge in [0, 0.05) is 19.1 Å². The van der Waals surface area contributed by atoms with Crippen LogP contribution in [0.3, 0.4) is 0 Å². The highest BCUT2D eigenvalue weighted by atomic mass is 16.3. The van der Waals surface area contributed by atoms with E-state index >= 15 is 0 Å². The first-order valence-electron chi connectivity index (χ1n) is 7.51. The van der Waals surface area contributed by atoms with Crippen LogP contribution < -0.4 is 4.90 Å².